The van der Waals surface area contributed by atoms with Gasteiger partial charge in [0.2, 0.25) is 0 Å². The van der Waals surface area contributed by atoms with E-state index in [2.05, 4.69) is 17.4 Å². The number of rotatable bonds is 3. The van der Waals surface area contributed by atoms with Crippen molar-refractivity contribution in [1.29, 1.82) is 0 Å². The molecule has 1 aromatic rings. The van der Waals surface area contributed by atoms with Crippen molar-refractivity contribution in [3.05, 3.63) is 41.6 Å². The molecule has 1 aromatic carbocycles. The summed E-state index contributed by atoms with van der Waals surface area (Å²) >= 11 is 0. The largest absolute Gasteiger partial charge is 0.396 e. The first-order valence-corrected chi connectivity index (χ1v) is 7.15. The van der Waals surface area contributed by atoms with Crippen LogP contribution < -0.4 is 5.32 Å². The Balaban J connectivity index is 1.84. The summed E-state index contributed by atoms with van der Waals surface area (Å²) in [5.74, 6) is 0.275. The lowest BCUT2D eigenvalue weighted by Crippen LogP contribution is -2.37. The van der Waals surface area contributed by atoms with E-state index in [0.29, 0.717) is 0 Å². The third kappa shape index (κ3) is 2.67. The van der Waals surface area contributed by atoms with Crippen LogP contribution in [-0.4, -0.2) is 24.4 Å². The molecule has 0 aromatic heterocycles. The van der Waals surface area contributed by atoms with Crippen molar-refractivity contribution in [2.24, 2.45) is 5.92 Å². The van der Waals surface area contributed by atoms with Crippen LogP contribution in [0.1, 0.15) is 25.7 Å². The monoisotopic (exact) mass is 259 g/mol. The molecular formula is C16H21NO2. The molecule has 3 nitrogen and oxygen atoms in total. The number of para-hydroxylation sites is 1. The van der Waals surface area contributed by atoms with Gasteiger partial charge < -0.3 is 15.2 Å². The second kappa shape index (κ2) is 5.76. The summed E-state index contributed by atoms with van der Waals surface area (Å²) in [5.41, 5.74) is 3.82. The highest BCUT2D eigenvalue weighted by atomic mass is 16.5. The summed E-state index contributed by atoms with van der Waals surface area (Å²) in [7, 11) is 0. The number of anilines is 1. The Morgan fingerprint density at radius 2 is 2.05 bits per heavy atom. The molecule has 2 aliphatic rings. The van der Waals surface area contributed by atoms with Gasteiger partial charge in [-0.2, -0.15) is 0 Å². The molecule has 0 bridgehead atoms. The molecule has 0 radical (unpaired) electrons. The summed E-state index contributed by atoms with van der Waals surface area (Å²) in [6.45, 7) is 1.05. The predicted octanol–water partition coefficient (Wildman–Crippen LogP) is 2.93. The quantitative estimate of drug-likeness (QED) is 0.877. The fraction of sp³-hybridized carbons (Fsp3) is 0.500. The van der Waals surface area contributed by atoms with E-state index in [9.17, 15) is 5.11 Å². The summed E-state index contributed by atoms with van der Waals surface area (Å²) < 4.78 is 5.90. The minimum absolute atomic E-state index is 0.124. The van der Waals surface area contributed by atoms with Crippen molar-refractivity contribution in [2.45, 2.75) is 31.8 Å². The van der Waals surface area contributed by atoms with Gasteiger partial charge in [0.1, 0.15) is 0 Å². The van der Waals surface area contributed by atoms with Crippen LogP contribution in [0.15, 0.2) is 41.6 Å². The van der Waals surface area contributed by atoms with Crippen LogP contribution in [0.4, 0.5) is 5.69 Å². The first kappa shape index (κ1) is 12.7. The summed E-state index contributed by atoms with van der Waals surface area (Å²) in [6, 6.07) is 10.3. The highest BCUT2D eigenvalue weighted by molar-refractivity contribution is 5.50. The Kier molecular flexibility index (Phi) is 3.85. The van der Waals surface area contributed by atoms with E-state index in [0.717, 1.165) is 38.0 Å². The van der Waals surface area contributed by atoms with Crippen LogP contribution in [0, 0.1) is 5.92 Å². The number of aliphatic hydroxyl groups is 1. The number of hydrogen-bond acceptors (Lipinski definition) is 3. The van der Waals surface area contributed by atoms with Gasteiger partial charge >= 0.3 is 0 Å². The molecule has 1 fully saturated rings. The number of nitrogens with one attached hydrogen (secondary N) is 1. The average Bonchev–Trinajstić information content (AvgIpc) is 2.49. The maximum absolute atomic E-state index is 9.48. The minimum Gasteiger partial charge on any atom is -0.396 e. The van der Waals surface area contributed by atoms with E-state index in [-0.39, 0.29) is 18.6 Å². The number of benzene rings is 1. The molecule has 2 N–H and O–H groups in total. The number of aliphatic hydroxyl groups excluding tert-OH is 1. The molecule has 19 heavy (non-hydrogen) atoms. The van der Waals surface area contributed by atoms with Gasteiger partial charge in [0, 0.05) is 30.5 Å². The van der Waals surface area contributed by atoms with Gasteiger partial charge in [-0.1, -0.05) is 18.2 Å². The van der Waals surface area contributed by atoms with Crippen molar-refractivity contribution in [1.82, 2.24) is 0 Å². The molecular weight excluding hydrogens is 238 g/mol. The lowest BCUT2D eigenvalue weighted by Gasteiger charge is -2.38. The molecule has 1 aliphatic carbocycles. The van der Waals surface area contributed by atoms with Crippen LogP contribution >= 0.6 is 0 Å². The maximum Gasteiger partial charge on any atom is 0.0854 e. The van der Waals surface area contributed by atoms with Crippen LogP contribution in [0.3, 0.4) is 0 Å². The third-order valence-electron chi connectivity index (χ3n) is 4.12. The Labute approximate surface area is 114 Å². The van der Waals surface area contributed by atoms with Crippen molar-refractivity contribution >= 4 is 5.69 Å². The maximum atomic E-state index is 9.48. The van der Waals surface area contributed by atoms with Gasteiger partial charge in [0.05, 0.1) is 6.10 Å². The Hall–Kier alpha value is -1.32. The van der Waals surface area contributed by atoms with E-state index in [4.69, 9.17) is 4.74 Å². The predicted molar refractivity (Wildman–Crippen MR) is 75.9 cm³/mol. The number of ether oxygens (including phenoxy) is 1. The number of allylic oxidation sites excluding steroid dienone is 1. The zero-order valence-electron chi connectivity index (χ0n) is 11.1. The van der Waals surface area contributed by atoms with Crippen molar-refractivity contribution in [3.8, 4) is 0 Å². The first-order valence-electron chi connectivity index (χ1n) is 7.15. The molecule has 0 spiro atoms. The van der Waals surface area contributed by atoms with E-state index in [1.165, 1.54) is 11.3 Å². The topological polar surface area (TPSA) is 41.5 Å². The van der Waals surface area contributed by atoms with Crippen LogP contribution in [0.5, 0.6) is 0 Å². The van der Waals surface area contributed by atoms with Crippen molar-refractivity contribution < 1.29 is 9.84 Å². The second-order valence-electron chi connectivity index (χ2n) is 5.37. The molecule has 102 valence electrons. The molecule has 2 atom stereocenters. The van der Waals surface area contributed by atoms with Crippen molar-refractivity contribution in [3.63, 3.8) is 0 Å². The van der Waals surface area contributed by atoms with Gasteiger partial charge in [0.15, 0.2) is 0 Å². The Bertz CT molecular complexity index is 455. The van der Waals surface area contributed by atoms with Crippen LogP contribution in [0.25, 0.3) is 0 Å². The second-order valence-corrected chi connectivity index (χ2v) is 5.37. The highest BCUT2D eigenvalue weighted by Gasteiger charge is 2.33. The van der Waals surface area contributed by atoms with Gasteiger partial charge in [0.25, 0.3) is 0 Å². The third-order valence-corrected chi connectivity index (χ3v) is 4.12. The summed E-state index contributed by atoms with van der Waals surface area (Å²) in [5, 5.41) is 13.0. The van der Waals surface area contributed by atoms with Gasteiger partial charge in [-0.05, 0) is 43.4 Å². The van der Waals surface area contributed by atoms with Crippen LogP contribution in [-0.2, 0) is 4.74 Å². The van der Waals surface area contributed by atoms with Gasteiger partial charge in [-0.25, -0.2) is 0 Å². The molecule has 3 heteroatoms. The lowest BCUT2D eigenvalue weighted by molar-refractivity contribution is -0.0112. The smallest absolute Gasteiger partial charge is 0.0854 e. The zero-order valence-corrected chi connectivity index (χ0v) is 11.1. The van der Waals surface area contributed by atoms with Gasteiger partial charge in [-0.3, -0.25) is 0 Å². The molecule has 1 saturated heterocycles. The fourth-order valence-electron chi connectivity index (χ4n) is 3.13. The number of fused-ring (bicyclic) bond motifs is 1. The standard InChI is InChI=1S/C16H21NO2/c18-11-12-8-9-15(14-7-4-10-19-16(12)14)17-13-5-2-1-3-6-13/h1-3,5-6,12,16-18H,4,7-11H2. The van der Waals surface area contributed by atoms with E-state index in [1.807, 2.05) is 18.2 Å². The molecule has 1 aliphatic heterocycles. The molecule has 0 saturated carbocycles. The van der Waals surface area contributed by atoms with E-state index in [1.54, 1.807) is 0 Å². The first-order chi connectivity index (χ1) is 9.38. The minimum atomic E-state index is 0.124. The van der Waals surface area contributed by atoms with Gasteiger partial charge in [-0.15, -0.1) is 0 Å². The lowest BCUT2D eigenvalue weighted by atomic mass is 9.81. The molecule has 2 unspecified atom stereocenters. The molecule has 3 rings (SSSR count). The average molecular weight is 259 g/mol. The SMILES string of the molecule is OCC1CCC(Nc2ccccc2)=C2CCCOC21. The Morgan fingerprint density at radius 1 is 1.21 bits per heavy atom. The highest BCUT2D eigenvalue weighted by Crippen LogP contribution is 2.37. The number of hydrogen-bond donors (Lipinski definition) is 2. The van der Waals surface area contributed by atoms with Crippen LogP contribution in [0.2, 0.25) is 0 Å². The summed E-state index contributed by atoms with van der Waals surface area (Å²) in [6.07, 6.45) is 4.31. The molecule has 1 heterocycles. The van der Waals surface area contributed by atoms with E-state index >= 15 is 0 Å². The molecule has 0 amide bonds. The van der Waals surface area contributed by atoms with Crippen molar-refractivity contribution in [2.75, 3.05) is 18.5 Å². The Morgan fingerprint density at radius 3 is 2.84 bits per heavy atom. The normalized spacial score (nSPS) is 27.0. The fourth-order valence-corrected chi connectivity index (χ4v) is 3.13. The van der Waals surface area contributed by atoms with E-state index < -0.39 is 0 Å². The zero-order chi connectivity index (χ0) is 13.1. The summed E-state index contributed by atoms with van der Waals surface area (Å²) in [4.78, 5) is 0.